The van der Waals surface area contributed by atoms with Crippen molar-refractivity contribution in [1.29, 1.82) is 0 Å². The van der Waals surface area contributed by atoms with Gasteiger partial charge >= 0.3 is 0 Å². The number of quaternary nitrogens is 1. The van der Waals surface area contributed by atoms with E-state index in [1.807, 2.05) is 54.7 Å². The average Bonchev–Trinajstić information content (AvgIpc) is 3.20. The zero-order valence-corrected chi connectivity index (χ0v) is 15.1. The molecule has 0 bridgehead atoms. The number of amides is 1. The molecule has 5 nitrogen and oxygen atoms in total. The first kappa shape index (κ1) is 17.5. The predicted molar refractivity (Wildman–Crippen MR) is 102 cm³/mol. The fourth-order valence-electron chi connectivity index (χ4n) is 3.73. The second kappa shape index (κ2) is 7.80. The Morgan fingerprint density at radius 2 is 1.78 bits per heavy atom. The maximum Gasteiger partial charge on any atom is 0.296 e. The van der Waals surface area contributed by atoms with E-state index < -0.39 is 0 Å². The molecule has 1 saturated heterocycles. The van der Waals surface area contributed by atoms with Crippen molar-refractivity contribution in [3.8, 4) is 0 Å². The van der Waals surface area contributed by atoms with Crippen molar-refractivity contribution in [2.75, 3.05) is 37.6 Å². The van der Waals surface area contributed by atoms with E-state index >= 15 is 0 Å². The summed E-state index contributed by atoms with van der Waals surface area (Å²) in [5.74, 6) is -0.118. The predicted octanol–water partition coefficient (Wildman–Crippen LogP) is 1.13. The molecular weight excluding hydrogens is 343 g/mol. The lowest BCUT2D eigenvalue weighted by Crippen LogP contribution is -3.16. The molecule has 1 amide bonds. The number of nitrogens with one attached hydrogen (secondary N) is 2. The molecule has 0 spiro atoms. The molecule has 140 valence electrons. The van der Waals surface area contributed by atoms with E-state index in [1.165, 1.54) is 17.0 Å². The minimum Gasteiger partial charge on any atom is -0.360 e. The summed E-state index contributed by atoms with van der Waals surface area (Å²) < 4.78 is 13.1. The van der Waals surface area contributed by atoms with Gasteiger partial charge in [-0.2, -0.15) is 0 Å². The Bertz CT molecular complexity index is 801. The van der Waals surface area contributed by atoms with E-state index in [0.29, 0.717) is 6.54 Å². The molecule has 2 N–H and O–H groups in total. The molecule has 0 radical (unpaired) electrons. The first-order valence-corrected chi connectivity index (χ1v) is 9.34. The topological polar surface area (TPSA) is 40.0 Å². The molecule has 2 aliphatic heterocycles. The van der Waals surface area contributed by atoms with Crippen molar-refractivity contribution < 1.29 is 14.1 Å². The lowest BCUT2D eigenvalue weighted by molar-refractivity contribution is -0.892. The minimum absolute atomic E-state index is 0.0568. The zero-order valence-electron chi connectivity index (χ0n) is 15.1. The smallest absolute Gasteiger partial charge is 0.296 e. The summed E-state index contributed by atoms with van der Waals surface area (Å²) >= 11 is 0. The highest BCUT2D eigenvalue weighted by Gasteiger charge is 2.30. The molecule has 2 aliphatic rings. The third-order valence-corrected chi connectivity index (χ3v) is 5.24. The molecule has 2 heterocycles. The average molecular weight is 367 g/mol. The van der Waals surface area contributed by atoms with Gasteiger partial charge in [-0.1, -0.05) is 30.3 Å². The number of carbonyl (C=O) groups excluding carboxylic acids is 1. The highest BCUT2D eigenvalue weighted by atomic mass is 19.1. The number of hydrogen-bond donors (Lipinski definition) is 2. The molecule has 0 saturated carbocycles. The number of nitrogens with zero attached hydrogens (tertiary/aromatic N) is 2. The molecule has 2 aromatic rings. The summed E-state index contributed by atoms with van der Waals surface area (Å²) in [7, 11) is 0. The zero-order chi connectivity index (χ0) is 18.6. The second-order valence-corrected chi connectivity index (χ2v) is 7.00. The molecule has 1 atom stereocenters. The van der Waals surface area contributed by atoms with Gasteiger partial charge in [-0.05, 0) is 35.9 Å². The normalized spacial score (nSPS) is 20.0. The molecule has 0 unspecified atom stereocenters. The standard InChI is InChI=1S/C21H23FN4O/c22-18-6-8-19(9-7-18)25-14-12-24(13-15-25)16-21(27)26-20(10-11-23-26)17-4-2-1-3-5-17/h1-11,20,23H,12-16H2/p+1/t20-/m0/s1. The van der Waals surface area contributed by atoms with E-state index in [1.54, 1.807) is 5.01 Å². The van der Waals surface area contributed by atoms with Crippen LogP contribution in [0.25, 0.3) is 0 Å². The van der Waals surface area contributed by atoms with E-state index in [4.69, 9.17) is 0 Å². The first-order chi connectivity index (χ1) is 13.2. The molecular formula is C21H24FN4O+. The first-order valence-electron chi connectivity index (χ1n) is 9.34. The Labute approximate surface area is 158 Å². The number of anilines is 1. The molecule has 0 aliphatic carbocycles. The monoisotopic (exact) mass is 367 g/mol. The van der Waals surface area contributed by atoms with E-state index in [-0.39, 0.29) is 17.8 Å². The summed E-state index contributed by atoms with van der Waals surface area (Å²) in [5, 5.41) is 1.72. The van der Waals surface area contributed by atoms with Gasteiger partial charge in [-0.3, -0.25) is 4.79 Å². The van der Waals surface area contributed by atoms with Gasteiger partial charge in [0.15, 0.2) is 6.54 Å². The highest BCUT2D eigenvalue weighted by Crippen LogP contribution is 2.23. The number of hydrazine groups is 1. The molecule has 1 fully saturated rings. The van der Waals surface area contributed by atoms with Crippen molar-refractivity contribution in [3.05, 3.63) is 78.3 Å². The fourth-order valence-corrected chi connectivity index (χ4v) is 3.73. The number of benzene rings is 2. The second-order valence-electron chi connectivity index (χ2n) is 7.00. The van der Waals surface area contributed by atoms with Crippen LogP contribution < -0.4 is 15.2 Å². The van der Waals surface area contributed by atoms with Crippen LogP contribution in [0.3, 0.4) is 0 Å². The quantitative estimate of drug-likeness (QED) is 0.851. The van der Waals surface area contributed by atoms with Crippen molar-refractivity contribution in [1.82, 2.24) is 10.4 Å². The van der Waals surface area contributed by atoms with Crippen molar-refractivity contribution in [2.24, 2.45) is 0 Å². The van der Waals surface area contributed by atoms with Crippen LogP contribution in [0.4, 0.5) is 10.1 Å². The number of halogens is 1. The maximum atomic E-state index is 13.1. The Morgan fingerprint density at radius 3 is 2.48 bits per heavy atom. The molecule has 2 aromatic carbocycles. The van der Waals surface area contributed by atoms with Crippen LogP contribution in [0.1, 0.15) is 11.6 Å². The van der Waals surface area contributed by atoms with Gasteiger partial charge < -0.3 is 15.2 Å². The number of rotatable bonds is 4. The number of carbonyl (C=O) groups is 1. The Morgan fingerprint density at radius 1 is 1.07 bits per heavy atom. The Balaban J connectivity index is 1.32. The van der Waals surface area contributed by atoms with Crippen LogP contribution in [0.5, 0.6) is 0 Å². The highest BCUT2D eigenvalue weighted by molar-refractivity contribution is 5.78. The van der Waals surface area contributed by atoms with Gasteiger partial charge in [0.25, 0.3) is 5.91 Å². The van der Waals surface area contributed by atoms with E-state index in [9.17, 15) is 9.18 Å². The van der Waals surface area contributed by atoms with Crippen LogP contribution >= 0.6 is 0 Å². The van der Waals surface area contributed by atoms with Crippen LogP contribution in [0, 0.1) is 5.82 Å². The van der Waals surface area contributed by atoms with Crippen LogP contribution in [-0.2, 0) is 4.79 Å². The van der Waals surface area contributed by atoms with Crippen molar-refractivity contribution >= 4 is 11.6 Å². The summed E-state index contributed by atoms with van der Waals surface area (Å²) in [5.41, 5.74) is 5.22. The van der Waals surface area contributed by atoms with Gasteiger partial charge in [0, 0.05) is 11.9 Å². The number of hydrogen-bond acceptors (Lipinski definition) is 3. The summed E-state index contributed by atoms with van der Waals surface area (Å²) in [6.45, 7) is 3.97. The lowest BCUT2D eigenvalue weighted by Gasteiger charge is -2.34. The lowest BCUT2D eigenvalue weighted by atomic mass is 10.1. The van der Waals surface area contributed by atoms with E-state index in [2.05, 4.69) is 10.3 Å². The van der Waals surface area contributed by atoms with Crippen LogP contribution in [-0.4, -0.2) is 43.6 Å². The molecule has 6 heteroatoms. The Hall–Kier alpha value is -2.86. The number of piperazine rings is 1. The maximum absolute atomic E-state index is 13.1. The molecule has 27 heavy (non-hydrogen) atoms. The van der Waals surface area contributed by atoms with Gasteiger partial charge in [0.2, 0.25) is 0 Å². The van der Waals surface area contributed by atoms with Gasteiger partial charge in [-0.15, -0.1) is 0 Å². The van der Waals surface area contributed by atoms with Gasteiger partial charge in [0.05, 0.1) is 32.2 Å². The third kappa shape index (κ3) is 3.95. The minimum atomic E-state index is -0.215. The van der Waals surface area contributed by atoms with Gasteiger partial charge in [0.1, 0.15) is 5.82 Å². The molecule has 0 aromatic heterocycles. The fraction of sp³-hybridized carbons (Fsp3) is 0.286. The van der Waals surface area contributed by atoms with Crippen LogP contribution in [0.2, 0.25) is 0 Å². The van der Waals surface area contributed by atoms with E-state index in [0.717, 1.165) is 37.4 Å². The summed E-state index contributed by atoms with van der Waals surface area (Å²) in [6.07, 6.45) is 3.84. The van der Waals surface area contributed by atoms with Crippen LogP contribution in [0.15, 0.2) is 66.9 Å². The van der Waals surface area contributed by atoms with Crippen molar-refractivity contribution in [3.63, 3.8) is 0 Å². The largest absolute Gasteiger partial charge is 0.360 e. The SMILES string of the molecule is O=C(C[NH+]1CCN(c2ccc(F)cc2)CC1)N1NC=C[C@H]1c1ccccc1. The van der Waals surface area contributed by atoms with Crippen molar-refractivity contribution in [2.45, 2.75) is 6.04 Å². The summed E-state index contributed by atoms with van der Waals surface area (Å²) in [6, 6.07) is 16.6. The summed E-state index contributed by atoms with van der Waals surface area (Å²) in [4.78, 5) is 16.4. The third-order valence-electron chi connectivity index (χ3n) is 5.24. The Kier molecular flexibility index (Phi) is 5.07. The molecule has 4 rings (SSSR count). The van der Waals surface area contributed by atoms with Gasteiger partial charge in [-0.25, -0.2) is 9.40 Å².